The van der Waals surface area contributed by atoms with Crippen molar-refractivity contribution in [3.63, 3.8) is 0 Å². The van der Waals surface area contributed by atoms with E-state index in [1.165, 1.54) is 18.2 Å². The van der Waals surface area contributed by atoms with Crippen molar-refractivity contribution in [1.29, 1.82) is 0 Å². The van der Waals surface area contributed by atoms with Gasteiger partial charge in [-0.15, -0.1) is 0 Å². The molecule has 1 heterocycles. The minimum absolute atomic E-state index is 0.0556. The van der Waals surface area contributed by atoms with Crippen molar-refractivity contribution in [3.05, 3.63) is 65.7 Å². The largest absolute Gasteiger partial charge is 0.467 e. The number of hydrogen-bond donors (Lipinski definition) is 0. The summed E-state index contributed by atoms with van der Waals surface area (Å²) in [5.74, 6) is -0.383. The molecule has 0 unspecified atom stereocenters. The first-order valence-corrected chi connectivity index (χ1v) is 10.7. The van der Waals surface area contributed by atoms with Crippen LogP contribution < -0.4 is 4.90 Å². The van der Waals surface area contributed by atoms with Crippen LogP contribution in [0.2, 0.25) is 0 Å². The van der Waals surface area contributed by atoms with Gasteiger partial charge >= 0.3 is 5.97 Å². The second-order valence-corrected chi connectivity index (χ2v) is 7.96. The summed E-state index contributed by atoms with van der Waals surface area (Å²) in [5.41, 5.74) is 2.46. The Morgan fingerprint density at radius 3 is 2.27 bits per heavy atom. The third kappa shape index (κ3) is 4.57. The lowest BCUT2D eigenvalue weighted by atomic mass is 9.84. The Balaban J connectivity index is 1.79. The number of ether oxygens (including phenoxy) is 1. The van der Waals surface area contributed by atoms with Crippen LogP contribution in [-0.4, -0.2) is 49.1 Å². The van der Waals surface area contributed by atoms with Crippen molar-refractivity contribution in [2.45, 2.75) is 45.1 Å². The van der Waals surface area contributed by atoms with E-state index in [9.17, 15) is 9.59 Å². The van der Waals surface area contributed by atoms with Crippen LogP contribution in [0.4, 0.5) is 5.69 Å². The SMILES string of the molecule is CCC(=O)N(c1ccccc1)C1(C(=O)OC)CCN(CCc2ccccc2C)CC1. The number of carbonyl (C=O) groups excluding carboxylic acids is 2. The van der Waals surface area contributed by atoms with Crippen LogP contribution in [0.1, 0.15) is 37.3 Å². The molecule has 5 heteroatoms. The van der Waals surface area contributed by atoms with E-state index in [-0.39, 0.29) is 11.9 Å². The zero-order valence-corrected chi connectivity index (χ0v) is 18.3. The zero-order valence-electron chi connectivity index (χ0n) is 18.3. The molecular formula is C25H32N2O3. The summed E-state index contributed by atoms with van der Waals surface area (Å²) in [7, 11) is 1.41. The van der Waals surface area contributed by atoms with E-state index in [1.54, 1.807) is 4.90 Å². The number of hydrogen-bond acceptors (Lipinski definition) is 4. The number of piperidine rings is 1. The molecule has 0 atom stereocenters. The molecule has 1 saturated heterocycles. The molecular weight excluding hydrogens is 376 g/mol. The highest BCUT2D eigenvalue weighted by molar-refractivity contribution is 6.02. The predicted molar refractivity (Wildman–Crippen MR) is 120 cm³/mol. The lowest BCUT2D eigenvalue weighted by Gasteiger charge is -2.46. The number of amides is 1. The second kappa shape index (κ2) is 9.90. The van der Waals surface area contributed by atoms with Gasteiger partial charge in [-0.3, -0.25) is 9.69 Å². The highest BCUT2D eigenvalue weighted by Gasteiger charge is 2.49. The number of nitrogens with zero attached hydrogens (tertiary/aromatic N) is 2. The fraction of sp³-hybridized carbons (Fsp3) is 0.440. The van der Waals surface area contributed by atoms with E-state index in [0.717, 1.165) is 31.7 Å². The molecule has 2 aromatic rings. The molecule has 0 radical (unpaired) electrons. The highest BCUT2D eigenvalue weighted by Crippen LogP contribution is 2.35. The van der Waals surface area contributed by atoms with Gasteiger partial charge in [0.15, 0.2) is 0 Å². The Morgan fingerprint density at radius 1 is 1.03 bits per heavy atom. The fourth-order valence-corrected chi connectivity index (χ4v) is 4.39. The van der Waals surface area contributed by atoms with Gasteiger partial charge in [-0.1, -0.05) is 49.4 Å². The Labute approximate surface area is 179 Å². The molecule has 1 fully saturated rings. The van der Waals surface area contributed by atoms with E-state index in [4.69, 9.17) is 4.74 Å². The van der Waals surface area contributed by atoms with Crippen LogP contribution in [-0.2, 0) is 20.7 Å². The van der Waals surface area contributed by atoms with Crippen molar-refractivity contribution in [3.8, 4) is 0 Å². The molecule has 0 saturated carbocycles. The van der Waals surface area contributed by atoms with E-state index in [1.807, 2.05) is 37.3 Å². The summed E-state index contributed by atoms with van der Waals surface area (Å²) in [6, 6.07) is 17.9. The minimum atomic E-state index is -0.956. The summed E-state index contributed by atoms with van der Waals surface area (Å²) >= 11 is 0. The van der Waals surface area contributed by atoms with Crippen LogP contribution in [0.3, 0.4) is 0 Å². The maximum absolute atomic E-state index is 13.0. The maximum Gasteiger partial charge on any atom is 0.332 e. The van der Waals surface area contributed by atoms with Gasteiger partial charge in [0.2, 0.25) is 5.91 Å². The highest BCUT2D eigenvalue weighted by atomic mass is 16.5. The van der Waals surface area contributed by atoms with Crippen LogP contribution >= 0.6 is 0 Å². The fourth-order valence-electron chi connectivity index (χ4n) is 4.39. The van der Waals surface area contributed by atoms with Gasteiger partial charge in [0.05, 0.1) is 7.11 Å². The van der Waals surface area contributed by atoms with E-state index < -0.39 is 5.54 Å². The number of aryl methyl sites for hydroxylation is 1. The maximum atomic E-state index is 13.0. The van der Waals surface area contributed by atoms with Crippen LogP contribution in [0.15, 0.2) is 54.6 Å². The Kier molecular flexibility index (Phi) is 7.27. The molecule has 3 rings (SSSR count). The number of methoxy groups -OCH3 is 1. The van der Waals surface area contributed by atoms with Gasteiger partial charge in [0, 0.05) is 31.7 Å². The summed E-state index contributed by atoms with van der Waals surface area (Å²) in [4.78, 5) is 30.1. The van der Waals surface area contributed by atoms with Gasteiger partial charge in [-0.25, -0.2) is 4.79 Å². The first kappa shape index (κ1) is 22.0. The van der Waals surface area contributed by atoms with E-state index in [0.29, 0.717) is 19.3 Å². The Bertz CT molecular complexity index is 858. The number of para-hydroxylation sites is 1. The molecule has 0 bridgehead atoms. The molecule has 0 spiro atoms. The second-order valence-electron chi connectivity index (χ2n) is 7.96. The van der Waals surface area contributed by atoms with Gasteiger partial charge < -0.3 is 9.64 Å². The Hall–Kier alpha value is -2.66. The lowest BCUT2D eigenvalue weighted by molar-refractivity contribution is -0.151. The first-order chi connectivity index (χ1) is 14.5. The zero-order chi connectivity index (χ0) is 21.6. The predicted octanol–water partition coefficient (Wildman–Crippen LogP) is 3.99. The number of carbonyl (C=O) groups is 2. The molecule has 5 nitrogen and oxygen atoms in total. The average molecular weight is 409 g/mol. The normalized spacial score (nSPS) is 16.1. The van der Waals surface area contributed by atoms with Crippen LogP contribution in [0, 0.1) is 6.92 Å². The van der Waals surface area contributed by atoms with Crippen molar-refractivity contribution in [2.75, 3.05) is 31.6 Å². The monoisotopic (exact) mass is 408 g/mol. The molecule has 0 aromatic heterocycles. The van der Waals surface area contributed by atoms with Gasteiger partial charge in [-0.05, 0) is 49.4 Å². The van der Waals surface area contributed by atoms with Crippen molar-refractivity contribution in [2.24, 2.45) is 0 Å². The molecule has 1 aliphatic rings. The molecule has 0 N–H and O–H groups in total. The van der Waals surface area contributed by atoms with Crippen LogP contribution in [0.5, 0.6) is 0 Å². The lowest BCUT2D eigenvalue weighted by Crippen LogP contribution is -2.62. The van der Waals surface area contributed by atoms with Gasteiger partial charge in [0.25, 0.3) is 0 Å². The van der Waals surface area contributed by atoms with E-state index >= 15 is 0 Å². The molecule has 1 amide bonds. The van der Waals surface area contributed by atoms with Crippen molar-refractivity contribution >= 4 is 17.6 Å². The molecule has 1 aliphatic heterocycles. The molecule has 0 aliphatic carbocycles. The van der Waals surface area contributed by atoms with Crippen molar-refractivity contribution < 1.29 is 14.3 Å². The van der Waals surface area contributed by atoms with E-state index in [2.05, 4.69) is 36.1 Å². The number of likely N-dealkylation sites (tertiary alicyclic amines) is 1. The van der Waals surface area contributed by atoms with Gasteiger partial charge in [-0.2, -0.15) is 0 Å². The molecule has 2 aromatic carbocycles. The summed E-state index contributed by atoms with van der Waals surface area (Å²) in [5, 5.41) is 0. The standard InChI is InChI=1S/C25H32N2O3/c1-4-23(28)27(22-12-6-5-7-13-22)25(24(29)30-3)15-18-26(19-16-25)17-14-21-11-9-8-10-20(21)2/h5-13H,4,14-19H2,1-3H3. The third-order valence-electron chi connectivity index (χ3n) is 6.20. The van der Waals surface area contributed by atoms with Gasteiger partial charge in [0.1, 0.15) is 5.54 Å². The number of rotatable bonds is 7. The van der Waals surface area contributed by atoms with Crippen LogP contribution in [0.25, 0.3) is 0 Å². The third-order valence-corrected chi connectivity index (χ3v) is 6.20. The summed E-state index contributed by atoms with van der Waals surface area (Å²) < 4.78 is 5.22. The topological polar surface area (TPSA) is 49.9 Å². The number of anilines is 1. The molecule has 160 valence electrons. The summed E-state index contributed by atoms with van der Waals surface area (Å²) in [6.07, 6.45) is 2.45. The first-order valence-electron chi connectivity index (χ1n) is 10.7. The number of esters is 1. The quantitative estimate of drug-likeness (QED) is 0.650. The minimum Gasteiger partial charge on any atom is -0.467 e. The number of benzene rings is 2. The summed E-state index contributed by atoms with van der Waals surface area (Å²) in [6.45, 7) is 6.42. The smallest absolute Gasteiger partial charge is 0.332 e. The molecule has 30 heavy (non-hydrogen) atoms. The Morgan fingerprint density at radius 2 is 1.67 bits per heavy atom. The van der Waals surface area contributed by atoms with Crippen molar-refractivity contribution in [1.82, 2.24) is 4.90 Å². The average Bonchev–Trinajstić information content (AvgIpc) is 2.79.